The summed E-state index contributed by atoms with van der Waals surface area (Å²) in [6.45, 7) is 1.01. The Balaban J connectivity index is 1.60. The van der Waals surface area contributed by atoms with E-state index in [2.05, 4.69) is 5.10 Å². The summed E-state index contributed by atoms with van der Waals surface area (Å²) in [4.78, 5) is 14.3. The lowest BCUT2D eigenvalue weighted by Gasteiger charge is -2.46. The van der Waals surface area contributed by atoms with Gasteiger partial charge in [-0.2, -0.15) is 5.10 Å². The molecule has 3 heterocycles. The monoisotopic (exact) mass is 352 g/mol. The van der Waals surface area contributed by atoms with Crippen molar-refractivity contribution in [1.82, 2.24) is 19.0 Å². The zero-order valence-corrected chi connectivity index (χ0v) is 15.0. The number of aromatic nitrogens is 2. The highest BCUT2D eigenvalue weighted by Crippen LogP contribution is 2.48. The number of rotatable bonds is 3. The van der Waals surface area contributed by atoms with Gasteiger partial charge in [-0.3, -0.25) is 9.48 Å². The van der Waals surface area contributed by atoms with Crippen molar-refractivity contribution >= 4 is 15.9 Å². The van der Waals surface area contributed by atoms with Crippen molar-refractivity contribution in [3.63, 3.8) is 0 Å². The summed E-state index contributed by atoms with van der Waals surface area (Å²) in [5.41, 5.74) is 0.795. The van der Waals surface area contributed by atoms with Crippen LogP contribution in [0.5, 0.6) is 0 Å². The van der Waals surface area contributed by atoms with Crippen molar-refractivity contribution in [2.45, 2.75) is 48.8 Å². The van der Waals surface area contributed by atoms with Crippen LogP contribution in [0.1, 0.15) is 43.6 Å². The Morgan fingerprint density at radius 3 is 2.42 bits per heavy atom. The number of hydrogen-bond acceptors (Lipinski definition) is 4. The van der Waals surface area contributed by atoms with E-state index >= 15 is 0 Å². The van der Waals surface area contributed by atoms with Crippen molar-refractivity contribution in [2.24, 2.45) is 7.05 Å². The zero-order chi connectivity index (χ0) is 17.1. The predicted octanol–water partition coefficient (Wildman–Crippen LogP) is 0.693. The lowest BCUT2D eigenvalue weighted by Crippen LogP contribution is -2.55. The molecule has 1 aromatic heterocycles. The number of hydrogen-bond donors (Lipinski definition) is 0. The first-order chi connectivity index (χ1) is 11.3. The van der Waals surface area contributed by atoms with Crippen LogP contribution < -0.4 is 0 Å². The van der Waals surface area contributed by atoms with Crippen LogP contribution in [0.15, 0.2) is 12.4 Å². The number of nitrogens with zero attached hydrogens (tertiary/aromatic N) is 4. The second kappa shape index (κ2) is 5.29. The van der Waals surface area contributed by atoms with E-state index in [1.165, 1.54) is 0 Å². The summed E-state index contributed by atoms with van der Waals surface area (Å²) in [5, 5.41) is 4.09. The van der Waals surface area contributed by atoms with Gasteiger partial charge in [-0.25, -0.2) is 12.7 Å². The van der Waals surface area contributed by atoms with Crippen LogP contribution in [0, 0.1) is 0 Å². The van der Waals surface area contributed by atoms with Crippen molar-refractivity contribution in [3.8, 4) is 0 Å². The van der Waals surface area contributed by atoms with Gasteiger partial charge in [-0.05, 0) is 31.2 Å². The van der Waals surface area contributed by atoms with E-state index in [0.29, 0.717) is 32.4 Å². The Morgan fingerprint density at radius 1 is 1.21 bits per heavy atom. The van der Waals surface area contributed by atoms with Crippen LogP contribution in [0.2, 0.25) is 0 Å². The highest BCUT2D eigenvalue weighted by Gasteiger charge is 2.54. The largest absolute Gasteiger partial charge is 0.339 e. The maximum Gasteiger partial charge on any atom is 0.223 e. The standard InChI is InChI=1S/C16H24N4O3S/c1-18-11-12(10-17-18)14-9-15(21)19(2)16(14)5-7-20(8-6-16)24(22,23)13-3-4-13/h10-11,13-14H,3-9H2,1-2H3/t14-/m1/s1. The average Bonchev–Trinajstić information content (AvgIpc) is 3.30. The van der Waals surface area contributed by atoms with Gasteiger partial charge in [0.1, 0.15) is 0 Å². The number of amides is 1. The summed E-state index contributed by atoms with van der Waals surface area (Å²) in [6.07, 6.45) is 7.28. The molecule has 4 rings (SSSR count). The SMILES string of the molecule is CN1C(=O)C[C@H](c2cnn(C)c2)C12CCN(S(=O)(=O)C1CC1)CC2. The van der Waals surface area contributed by atoms with Gasteiger partial charge < -0.3 is 4.90 Å². The van der Waals surface area contributed by atoms with Crippen LogP contribution in [0.3, 0.4) is 0 Å². The first kappa shape index (κ1) is 16.1. The lowest BCUT2D eigenvalue weighted by molar-refractivity contribution is -0.130. The van der Waals surface area contributed by atoms with E-state index in [1.54, 1.807) is 8.99 Å². The molecule has 0 radical (unpaired) electrons. The predicted molar refractivity (Wildman–Crippen MR) is 88.8 cm³/mol. The molecule has 3 fully saturated rings. The number of carbonyl (C=O) groups excluding carboxylic acids is 1. The highest BCUT2D eigenvalue weighted by molar-refractivity contribution is 7.90. The second-order valence-corrected chi connectivity index (χ2v) is 9.62. The first-order valence-corrected chi connectivity index (χ1v) is 10.1. The number of sulfonamides is 1. The fourth-order valence-corrected chi connectivity index (χ4v) is 6.27. The van der Waals surface area contributed by atoms with Gasteiger partial charge in [0.15, 0.2) is 0 Å². The third-order valence-electron chi connectivity index (χ3n) is 6.09. The molecule has 0 aromatic carbocycles. The second-order valence-electron chi connectivity index (χ2n) is 7.40. The molecule has 1 spiro atoms. The van der Waals surface area contributed by atoms with E-state index in [1.807, 2.05) is 31.4 Å². The molecule has 1 saturated carbocycles. The summed E-state index contributed by atoms with van der Waals surface area (Å²) < 4.78 is 28.4. The molecule has 0 unspecified atom stereocenters. The molecular formula is C16H24N4O3S. The van der Waals surface area contributed by atoms with Gasteiger partial charge in [0.2, 0.25) is 15.9 Å². The molecule has 132 valence electrons. The molecule has 3 aliphatic rings. The molecule has 2 saturated heterocycles. The third-order valence-corrected chi connectivity index (χ3v) is 8.49. The van der Waals surface area contributed by atoms with E-state index in [-0.39, 0.29) is 22.6 Å². The molecule has 0 bridgehead atoms. The van der Waals surface area contributed by atoms with E-state index in [9.17, 15) is 13.2 Å². The average molecular weight is 352 g/mol. The normalized spacial score (nSPS) is 28.0. The fourth-order valence-electron chi connectivity index (χ4n) is 4.42. The maximum absolute atomic E-state index is 12.5. The first-order valence-electron chi connectivity index (χ1n) is 8.59. The molecule has 1 aliphatic carbocycles. The molecule has 8 heteroatoms. The lowest BCUT2D eigenvalue weighted by atomic mass is 9.75. The highest BCUT2D eigenvalue weighted by atomic mass is 32.2. The van der Waals surface area contributed by atoms with Gasteiger partial charge in [-0.1, -0.05) is 0 Å². The zero-order valence-electron chi connectivity index (χ0n) is 14.2. The number of aryl methyl sites for hydroxylation is 1. The summed E-state index contributed by atoms with van der Waals surface area (Å²) in [7, 11) is 0.611. The number of likely N-dealkylation sites (N-methyl/N-ethyl adjacent to an activating group) is 1. The van der Waals surface area contributed by atoms with E-state index < -0.39 is 10.0 Å². The topological polar surface area (TPSA) is 75.5 Å². The minimum absolute atomic E-state index is 0.0921. The number of carbonyl (C=O) groups is 1. The Kier molecular flexibility index (Phi) is 3.55. The molecule has 1 atom stereocenters. The molecule has 24 heavy (non-hydrogen) atoms. The molecule has 1 aromatic rings. The number of piperidine rings is 1. The minimum Gasteiger partial charge on any atom is -0.339 e. The van der Waals surface area contributed by atoms with Crippen molar-refractivity contribution in [1.29, 1.82) is 0 Å². The molecule has 0 N–H and O–H groups in total. The van der Waals surface area contributed by atoms with Crippen LogP contribution in [0.25, 0.3) is 0 Å². The van der Waals surface area contributed by atoms with Gasteiger partial charge >= 0.3 is 0 Å². The van der Waals surface area contributed by atoms with Crippen molar-refractivity contribution in [3.05, 3.63) is 18.0 Å². The van der Waals surface area contributed by atoms with Crippen LogP contribution in [-0.4, -0.2) is 64.2 Å². The maximum atomic E-state index is 12.5. The smallest absolute Gasteiger partial charge is 0.223 e. The van der Waals surface area contributed by atoms with Crippen LogP contribution in [-0.2, 0) is 21.9 Å². The summed E-state index contributed by atoms with van der Waals surface area (Å²) >= 11 is 0. The Morgan fingerprint density at radius 2 is 1.88 bits per heavy atom. The minimum atomic E-state index is -3.13. The van der Waals surface area contributed by atoms with Gasteiger partial charge in [0.25, 0.3) is 0 Å². The van der Waals surface area contributed by atoms with Crippen LogP contribution >= 0.6 is 0 Å². The Bertz CT molecular complexity index is 760. The number of likely N-dealkylation sites (tertiary alicyclic amines) is 1. The fraction of sp³-hybridized carbons (Fsp3) is 0.750. The van der Waals surface area contributed by atoms with Gasteiger partial charge in [0, 0.05) is 45.7 Å². The van der Waals surface area contributed by atoms with Gasteiger partial charge in [0.05, 0.1) is 17.0 Å². The molecule has 1 amide bonds. The molecular weight excluding hydrogens is 328 g/mol. The van der Waals surface area contributed by atoms with E-state index in [0.717, 1.165) is 18.4 Å². The van der Waals surface area contributed by atoms with Crippen LogP contribution in [0.4, 0.5) is 0 Å². The van der Waals surface area contributed by atoms with Gasteiger partial charge in [-0.15, -0.1) is 0 Å². The summed E-state index contributed by atoms with van der Waals surface area (Å²) in [5.74, 6) is 0.233. The van der Waals surface area contributed by atoms with Crippen molar-refractivity contribution < 1.29 is 13.2 Å². The van der Waals surface area contributed by atoms with E-state index in [4.69, 9.17) is 0 Å². The molecule has 7 nitrogen and oxygen atoms in total. The molecule has 2 aliphatic heterocycles. The Hall–Kier alpha value is -1.41. The Labute approximate surface area is 142 Å². The van der Waals surface area contributed by atoms with Crippen molar-refractivity contribution in [2.75, 3.05) is 20.1 Å². The summed E-state index contributed by atoms with van der Waals surface area (Å²) in [6, 6.07) is 0. The third kappa shape index (κ3) is 2.30. The quantitative estimate of drug-likeness (QED) is 0.802.